The van der Waals surface area contributed by atoms with Gasteiger partial charge in [-0.05, 0) is 12.1 Å². The number of carbonyl (C=O) groups is 2. The summed E-state index contributed by atoms with van der Waals surface area (Å²) >= 11 is 0. The molecule has 6 heteroatoms. The number of esters is 2. The van der Waals surface area contributed by atoms with E-state index in [1.807, 2.05) is 36.4 Å². The molecule has 2 atom stereocenters. The Labute approximate surface area is 138 Å². The fraction of sp³-hybridized carbons (Fsp3) is 0.222. The number of hydrogen-bond donors (Lipinski definition) is 2. The predicted octanol–water partition coefficient (Wildman–Crippen LogP) is 1.90. The van der Waals surface area contributed by atoms with Gasteiger partial charge < -0.3 is 9.47 Å². The molecule has 0 bridgehead atoms. The van der Waals surface area contributed by atoms with Crippen LogP contribution in [0.2, 0.25) is 0 Å². The Balaban J connectivity index is 1.32. The Hall–Kier alpha value is -2.70. The quantitative estimate of drug-likeness (QED) is 0.646. The molecule has 0 fully saturated rings. The van der Waals surface area contributed by atoms with E-state index in [4.69, 9.17) is 9.47 Å². The highest BCUT2D eigenvalue weighted by atomic mass is 16.6. The second-order valence-corrected chi connectivity index (χ2v) is 5.65. The van der Waals surface area contributed by atoms with E-state index >= 15 is 0 Å². The molecular formula is C18H16N2O4. The Bertz CT molecular complexity index is 738. The minimum Gasteiger partial charge on any atom is -0.439 e. The number of rotatable bonds is 5. The van der Waals surface area contributed by atoms with Crippen molar-refractivity contribution in [1.29, 1.82) is 0 Å². The maximum absolute atomic E-state index is 11.8. The minimum atomic E-state index is -0.436. The number of cyclic esters (lactones) is 2. The summed E-state index contributed by atoms with van der Waals surface area (Å²) in [7, 11) is 0. The fourth-order valence-electron chi connectivity index (χ4n) is 3.00. The number of hydrogen-bond acceptors (Lipinski definition) is 6. The molecule has 0 amide bonds. The number of nitrogens with one attached hydrogen (secondary N) is 2. The molecule has 2 heterocycles. The predicted molar refractivity (Wildman–Crippen MR) is 85.2 cm³/mol. The van der Waals surface area contributed by atoms with Crippen LogP contribution in [0.1, 0.15) is 44.3 Å². The lowest BCUT2D eigenvalue weighted by molar-refractivity contribution is 0.0262. The van der Waals surface area contributed by atoms with Crippen LogP contribution in [-0.4, -0.2) is 25.0 Å². The molecule has 6 nitrogen and oxygen atoms in total. The molecule has 0 saturated carbocycles. The fourth-order valence-corrected chi connectivity index (χ4v) is 3.00. The summed E-state index contributed by atoms with van der Waals surface area (Å²) in [6, 6.07) is 14.6. The molecule has 24 heavy (non-hydrogen) atoms. The van der Waals surface area contributed by atoms with Crippen molar-refractivity contribution in [3.63, 3.8) is 0 Å². The molecule has 0 saturated heterocycles. The lowest BCUT2D eigenvalue weighted by atomic mass is 10.1. The summed E-state index contributed by atoms with van der Waals surface area (Å²) in [6.45, 7) is 1.12. The minimum absolute atomic E-state index is 0.310. The van der Waals surface area contributed by atoms with Gasteiger partial charge in [-0.1, -0.05) is 36.4 Å². The maximum atomic E-state index is 11.8. The van der Waals surface area contributed by atoms with Crippen molar-refractivity contribution in [2.75, 3.05) is 13.1 Å². The van der Waals surface area contributed by atoms with Crippen LogP contribution < -0.4 is 10.6 Å². The summed E-state index contributed by atoms with van der Waals surface area (Å²) < 4.78 is 10.6. The van der Waals surface area contributed by atoms with Crippen LogP contribution in [0.15, 0.2) is 48.5 Å². The van der Waals surface area contributed by atoms with E-state index in [0.29, 0.717) is 24.2 Å². The highest BCUT2D eigenvalue weighted by Gasteiger charge is 2.31. The molecular weight excluding hydrogens is 308 g/mol. The smallest absolute Gasteiger partial charge is 0.340 e. The summed E-state index contributed by atoms with van der Waals surface area (Å²) in [5.74, 6) is -0.621. The van der Waals surface area contributed by atoms with Gasteiger partial charge in [0.1, 0.15) is 0 Å². The van der Waals surface area contributed by atoms with E-state index in [2.05, 4.69) is 10.6 Å². The third-order valence-corrected chi connectivity index (χ3v) is 4.16. The zero-order chi connectivity index (χ0) is 16.5. The second kappa shape index (κ2) is 6.07. The molecule has 2 aromatic rings. The first-order valence-corrected chi connectivity index (χ1v) is 7.80. The van der Waals surface area contributed by atoms with Crippen molar-refractivity contribution in [2.45, 2.75) is 12.5 Å². The molecule has 2 aliphatic rings. The largest absolute Gasteiger partial charge is 0.439 e. The molecule has 2 N–H and O–H groups in total. The zero-order valence-electron chi connectivity index (χ0n) is 12.8. The molecule has 4 rings (SSSR count). The van der Waals surface area contributed by atoms with Crippen molar-refractivity contribution >= 4 is 11.9 Å². The SMILES string of the molecule is O=C1OC(NCCNC2OC(=O)c3ccccc32)c2ccccc21. The number of fused-ring (bicyclic) bond motifs is 2. The molecule has 2 aromatic carbocycles. The molecule has 2 aliphatic heterocycles. The van der Waals surface area contributed by atoms with E-state index in [1.165, 1.54) is 0 Å². The van der Waals surface area contributed by atoms with E-state index in [0.717, 1.165) is 11.1 Å². The molecule has 122 valence electrons. The Kier molecular flexibility index (Phi) is 3.76. The lowest BCUT2D eigenvalue weighted by Gasteiger charge is -2.16. The van der Waals surface area contributed by atoms with Gasteiger partial charge >= 0.3 is 11.9 Å². The highest BCUT2D eigenvalue weighted by molar-refractivity contribution is 5.94. The van der Waals surface area contributed by atoms with Gasteiger partial charge in [0.25, 0.3) is 0 Å². The van der Waals surface area contributed by atoms with Gasteiger partial charge in [0.05, 0.1) is 11.1 Å². The van der Waals surface area contributed by atoms with Crippen LogP contribution in [0.25, 0.3) is 0 Å². The molecule has 0 radical (unpaired) electrons. The molecule has 0 spiro atoms. The van der Waals surface area contributed by atoms with Crippen molar-refractivity contribution in [2.24, 2.45) is 0 Å². The normalized spacial score (nSPS) is 21.2. The third kappa shape index (κ3) is 2.55. The van der Waals surface area contributed by atoms with Crippen LogP contribution >= 0.6 is 0 Å². The van der Waals surface area contributed by atoms with Crippen molar-refractivity contribution in [3.8, 4) is 0 Å². The summed E-state index contributed by atoms with van der Waals surface area (Å²) in [5.41, 5.74) is 2.89. The van der Waals surface area contributed by atoms with Gasteiger partial charge in [-0.15, -0.1) is 0 Å². The van der Waals surface area contributed by atoms with Crippen LogP contribution in [0.5, 0.6) is 0 Å². The standard InChI is InChI=1S/C18H16N2O4/c21-17-13-7-3-1-5-11(13)15(23-17)19-9-10-20-16-12-6-2-4-8-14(12)18(22)24-16/h1-8,15-16,19-20H,9-10H2. The number of ether oxygens (including phenoxy) is 2. The summed E-state index contributed by atoms with van der Waals surface area (Å²) in [4.78, 5) is 23.5. The third-order valence-electron chi connectivity index (χ3n) is 4.16. The summed E-state index contributed by atoms with van der Waals surface area (Å²) in [6.07, 6.45) is -0.872. The van der Waals surface area contributed by atoms with E-state index < -0.39 is 12.5 Å². The van der Waals surface area contributed by atoms with Gasteiger partial charge in [-0.25, -0.2) is 9.59 Å². The summed E-state index contributed by atoms with van der Waals surface area (Å²) in [5, 5.41) is 6.36. The van der Waals surface area contributed by atoms with Crippen LogP contribution in [0, 0.1) is 0 Å². The van der Waals surface area contributed by atoms with E-state index in [1.54, 1.807) is 12.1 Å². The first-order valence-electron chi connectivity index (χ1n) is 7.80. The lowest BCUT2D eigenvalue weighted by Crippen LogP contribution is -2.32. The van der Waals surface area contributed by atoms with Crippen LogP contribution in [0.4, 0.5) is 0 Å². The van der Waals surface area contributed by atoms with Gasteiger partial charge in [0, 0.05) is 24.2 Å². The van der Waals surface area contributed by atoms with Crippen LogP contribution in [-0.2, 0) is 9.47 Å². The second-order valence-electron chi connectivity index (χ2n) is 5.65. The monoisotopic (exact) mass is 324 g/mol. The highest BCUT2D eigenvalue weighted by Crippen LogP contribution is 2.29. The Morgan fingerprint density at radius 1 is 0.708 bits per heavy atom. The van der Waals surface area contributed by atoms with Gasteiger partial charge in [0.2, 0.25) is 0 Å². The van der Waals surface area contributed by atoms with Crippen molar-refractivity contribution in [1.82, 2.24) is 10.6 Å². The average molecular weight is 324 g/mol. The molecule has 0 aliphatic carbocycles. The Morgan fingerprint density at radius 2 is 1.12 bits per heavy atom. The molecule has 0 aromatic heterocycles. The number of benzene rings is 2. The van der Waals surface area contributed by atoms with Crippen molar-refractivity contribution < 1.29 is 19.1 Å². The maximum Gasteiger partial charge on any atom is 0.340 e. The van der Waals surface area contributed by atoms with Crippen LogP contribution in [0.3, 0.4) is 0 Å². The topological polar surface area (TPSA) is 76.7 Å². The Morgan fingerprint density at radius 3 is 1.58 bits per heavy atom. The molecule has 2 unspecified atom stereocenters. The van der Waals surface area contributed by atoms with E-state index in [9.17, 15) is 9.59 Å². The van der Waals surface area contributed by atoms with Gasteiger partial charge in [-0.2, -0.15) is 0 Å². The first kappa shape index (κ1) is 14.9. The van der Waals surface area contributed by atoms with E-state index in [-0.39, 0.29) is 11.9 Å². The van der Waals surface area contributed by atoms with Gasteiger partial charge in [0.15, 0.2) is 12.5 Å². The number of carbonyl (C=O) groups excluding carboxylic acids is 2. The van der Waals surface area contributed by atoms with Crippen molar-refractivity contribution in [3.05, 3.63) is 70.8 Å². The first-order chi connectivity index (χ1) is 11.7. The average Bonchev–Trinajstić information content (AvgIpc) is 3.10. The van der Waals surface area contributed by atoms with Gasteiger partial charge in [-0.3, -0.25) is 10.6 Å². The zero-order valence-corrected chi connectivity index (χ0v) is 12.8.